The molecule has 1 amide bonds. The molecule has 0 unspecified atom stereocenters. The Kier molecular flexibility index (Phi) is 5.72. The standard InChI is InChI=1S/C22H23NO2S2/c1-15-9-11-16(12-10-15)14-25-18-8-6-5-7-17(18)13-19-20(24)23(21(26)27-19)22(2,3)4/h5-13H,14H2,1-4H3/b19-13-. The topological polar surface area (TPSA) is 29.5 Å². The van der Waals surface area contributed by atoms with Crippen LogP contribution in [0.5, 0.6) is 5.75 Å². The van der Waals surface area contributed by atoms with Crippen LogP contribution in [0.15, 0.2) is 53.4 Å². The fraction of sp³-hybridized carbons (Fsp3) is 0.273. The molecule has 5 heteroatoms. The largest absolute Gasteiger partial charge is 0.488 e. The summed E-state index contributed by atoms with van der Waals surface area (Å²) in [5.74, 6) is 0.699. The van der Waals surface area contributed by atoms with Gasteiger partial charge in [0, 0.05) is 11.1 Å². The molecule has 3 nitrogen and oxygen atoms in total. The van der Waals surface area contributed by atoms with E-state index >= 15 is 0 Å². The number of benzene rings is 2. The van der Waals surface area contributed by atoms with Crippen molar-refractivity contribution in [2.24, 2.45) is 0 Å². The maximum atomic E-state index is 12.8. The van der Waals surface area contributed by atoms with Crippen molar-refractivity contribution >= 4 is 40.3 Å². The van der Waals surface area contributed by atoms with Gasteiger partial charge in [-0.05, 0) is 45.4 Å². The normalized spacial score (nSPS) is 16.3. The number of aryl methyl sites for hydroxylation is 1. The minimum atomic E-state index is -0.335. The third-order valence-electron chi connectivity index (χ3n) is 4.19. The van der Waals surface area contributed by atoms with Crippen LogP contribution in [-0.4, -0.2) is 20.7 Å². The molecule has 0 aliphatic carbocycles. The van der Waals surface area contributed by atoms with E-state index in [1.807, 2.05) is 51.1 Å². The second kappa shape index (κ2) is 7.87. The average molecular weight is 398 g/mol. The molecule has 0 N–H and O–H groups in total. The minimum absolute atomic E-state index is 0.0502. The Morgan fingerprint density at radius 1 is 1.11 bits per heavy atom. The SMILES string of the molecule is Cc1ccc(COc2ccccc2/C=C2\SC(=S)N(C(C)(C)C)C2=O)cc1. The first-order valence-electron chi connectivity index (χ1n) is 8.81. The Hall–Kier alpha value is -2.11. The molecule has 1 fully saturated rings. The third kappa shape index (κ3) is 4.60. The third-order valence-corrected chi connectivity index (χ3v) is 5.49. The summed E-state index contributed by atoms with van der Waals surface area (Å²) in [6.45, 7) is 8.50. The van der Waals surface area contributed by atoms with Gasteiger partial charge in [0.15, 0.2) is 0 Å². The maximum absolute atomic E-state index is 12.8. The van der Waals surface area contributed by atoms with Crippen LogP contribution >= 0.6 is 24.0 Å². The lowest BCUT2D eigenvalue weighted by Gasteiger charge is -2.30. The lowest BCUT2D eigenvalue weighted by molar-refractivity contribution is -0.125. The molecular weight excluding hydrogens is 374 g/mol. The van der Waals surface area contributed by atoms with E-state index in [4.69, 9.17) is 17.0 Å². The van der Waals surface area contributed by atoms with Crippen LogP contribution in [0.2, 0.25) is 0 Å². The van der Waals surface area contributed by atoms with Crippen molar-refractivity contribution in [2.45, 2.75) is 39.8 Å². The van der Waals surface area contributed by atoms with E-state index in [2.05, 4.69) is 31.2 Å². The maximum Gasteiger partial charge on any atom is 0.266 e. The summed E-state index contributed by atoms with van der Waals surface area (Å²) in [6.07, 6.45) is 1.87. The number of rotatable bonds is 4. The molecular formula is C22H23NO2S2. The summed E-state index contributed by atoms with van der Waals surface area (Å²) in [6, 6.07) is 16.0. The molecule has 1 heterocycles. The van der Waals surface area contributed by atoms with Gasteiger partial charge >= 0.3 is 0 Å². The van der Waals surface area contributed by atoms with Crippen molar-refractivity contribution in [3.63, 3.8) is 0 Å². The second-order valence-corrected chi connectivity index (χ2v) is 9.18. The highest BCUT2D eigenvalue weighted by atomic mass is 32.2. The number of carbonyl (C=O) groups excluding carboxylic acids is 1. The highest BCUT2D eigenvalue weighted by Crippen LogP contribution is 2.37. The lowest BCUT2D eigenvalue weighted by Crippen LogP contribution is -2.44. The molecule has 0 spiro atoms. The van der Waals surface area contributed by atoms with Gasteiger partial charge in [0.1, 0.15) is 16.7 Å². The van der Waals surface area contributed by atoms with Crippen LogP contribution < -0.4 is 4.74 Å². The lowest BCUT2D eigenvalue weighted by atomic mass is 10.1. The van der Waals surface area contributed by atoms with Crippen molar-refractivity contribution in [1.29, 1.82) is 0 Å². The fourth-order valence-electron chi connectivity index (χ4n) is 2.76. The van der Waals surface area contributed by atoms with Crippen LogP contribution in [-0.2, 0) is 11.4 Å². The number of para-hydroxylation sites is 1. The molecule has 0 saturated carbocycles. The number of amides is 1. The first kappa shape index (κ1) is 19.6. The summed E-state index contributed by atoms with van der Waals surface area (Å²) in [7, 11) is 0. The number of nitrogens with zero attached hydrogens (tertiary/aromatic N) is 1. The number of thioether (sulfide) groups is 1. The molecule has 3 rings (SSSR count). The number of hydrogen-bond acceptors (Lipinski definition) is 4. The number of thiocarbonyl (C=S) groups is 1. The second-order valence-electron chi connectivity index (χ2n) is 7.50. The Balaban J connectivity index is 1.82. The smallest absolute Gasteiger partial charge is 0.266 e. The summed E-state index contributed by atoms with van der Waals surface area (Å²) in [4.78, 5) is 15.1. The predicted molar refractivity (Wildman–Crippen MR) is 117 cm³/mol. The first-order valence-corrected chi connectivity index (χ1v) is 10.0. The fourth-order valence-corrected chi connectivity index (χ4v) is 4.39. The average Bonchev–Trinajstić information content (AvgIpc) is 2.89. The van der Waals surface area contributed by atoms with E-state index in [1.54, 1.807) is 4.90 Å². The molecule has 0 bridgehead atoms. The van der Waals surface area contributed by atoms with Gasteiger partial charge in [-0.2, -0.15) is 0 Å². The molecule has 1 aliphatic heterocycles. The van der Waals surface area contributed by atoms with Crippen LogP contribution in [0, 0.1) is 6.92 Å². The highest BCUT2D eigenvalue weighted by Gasteiger charge is 2.39. The van der Waals surface area contributed by atoms with Gasteiger partial charge in [0.25, 0.3) is 5.91 Å². The van der Waals surface area contributed by atoms with E-state index in [9.17, 15) is 4.79 Å². The van der Waals surface area contributed by atoms with Gasteiger partial charge in [-0.1, -0.05) is 72.0 Å². The van der Waals surface area contributed by atoms with E-state index < -0.39 is 0 Å². The minimum Gasteiger partial charge on any atom is -0.488 e. The van der Waals surface area contributed by atoms with Crippen molar-refractivity contribution in [3.05, 3.63) is 70.1 Å². The molecule has 0 atom stereocenters. The number of carbonyl (C=O) groups is 1. The molecule has 0 radical (unpaired) electrons. The number of hydrogen-bond donors (Lipinski definition) is 0. The van der Waals surface area contributed by atoms with Gasteiger partial charge in [0.2, 0.25) is 0 Å². The van der Waals surface area contributed by atoms with Crippen molar-refractivity contribution in [3.8, 4) is 5.75 Å². The van der Waals surface area contributed by atoms with Gasteiger partial charge in [-0.15, -0.1) is 0 Å². The van der Waals surface area contributed by atoms with Gasteiger partial charge in [-0.25, -0.2) is 0 Å². The predicted octanol–water partition coefficient (Wildman–Crippen LogP) is 5.57. The van der Waals surface area contributed by atoms with Gasteiger partial charge in [0.05, 0.1) is 4.91 Å². The molecule has 0 aromatic heterocycles. The summed E-state index contributed by atoms with van der Waals surface area (Å²) in [5, 5.41) is 0. The zero-order valence-electron chi connectivity index (χ0n) is 16.0. The molecule has 140 valence electrons. The molecule has 2 aromatic rings. The van der Waals surface area contributed by atoms with Crippen molar-refractivity contribution < 1.29 is 9.53 Å². The van der Waals surface area contributed by atoms with E-state index in [1.165, 1.54) is 17.3 Å². The van der Waals surface area contributed by atoms with Crippen LogP contribution in [0.4, 0.5) is 0 Å². The first-order chi connectivity index (χ1) is 12.8. The molecule has 27 heavy (non-hydrogen) atoms. The summed E-state index contributed by atoms with van der Waals surface area (Å²) < 4.78 is 6.61. The van der Waals surface area contributed by atoms with Crippen LogP contribution in [0.25, 0.3) is 6.08 Å². The zero-order valence-corrected chi connectivity index (χ0v) is 17.6. The van der Waals surface area contributed by atoms with E-state index in [-0.39, 0.29) is 11.4 Å². The van der Waals surface area contributed by atoms with Gasteiger partial charge < -0.3 is 4.74 Å². The van der Waals surface area contributed by atoms with E-state index in [0.717, 1.165) is 16.9 Å². The molecule has 1 aliphatic rings. The molecule has 2 aromatic carbocycles. The highest BCUT2D eigenvalue weighted by molar-refractivity contribution is 8.26. The Morgan fingerprint density at radius 3 is 2.41 bits per heavy atom. The Labute approximate surface area is 170 Å². The van der Waals surface area contributed by atoms with Crippen molar-refractivity contribution in [2.75, 3.05) is 0 Å². The monoisotopic (exact) mass is 397 g/mol. The molecule has 1 saturated heterocycles. The Morgan fingerprint density at radius 2 is 1.78 bits per heavy atom. The number of ether oxygens (including phenoxy) is 1. The Bertz CT molecular complexity index is 895. The van der Waals surface area contributed by atoms with E-state index in [0.29, 0.717) is 15.8 Å². The van der Waals surface area contributed by atoms with Crippen LogP contribution in [0.1, 0.15) is 37.5 Å². The van der Waals surface area contributed by atoms with Crippen molar-refractivity contribution in [1.82, 2.24) is 4.90 Å². The van der Waals surface area contributed by atoms with Crippen LogP contribution in [0.3, 0.4) is 0 Å². The summed E-state index contributed by atoms with van der Waals surface area (Å²) >= 11 is 6.75. The zero-order chi connectivity index (χ0) is 19.6. The van der Waals surface area contributed by atoms with Gasteiger partial charge in [-0.3, -0.25) is 9.69 Å². The quantitative estimate of drug-likeness (QED) is 0.498. The summed E-state index contributed by atoms with van der Waals surface area (Å²) in [5.41, 5.74) is 2.87.